The number of ether oxygens (including phenoxy) is 1. The Morgan fingerprint density at radius 1 is 1.25 bits per heavy atom. The van der Waals surface area contributed by atoms with E-state index in [-0.39, 0.29) is 5.41 Å². The second kappa shape index (κ2) is 4.67. The van der Waals surface area contributed by atoms with Gasteiger partial charge in [-0.15, -0.1) is 0 Å². The number of nitrogens with zero attached hydrogens (tertiary/aromatic N) is 1. The summed E-state index contributed by atoms with van der Waals surface area (Å²) in [5, 5.41) is 8.79. The quantitative estimate of drug-likeness (QED) is 0.776. The number of nitriles is 1. The van der Waals surface area contributed by atoms with Crippen LogP contribution < -0.4 is 0 Å². The van der Waals surface area contributed by atoms with E-state index in [1.54, 1.807) is 7.11 Å². The summed E-state index contributed by atoms with van der Waals surface area (Å²) in [6, 6.07) is 10.1. The van der Waals surface area contributed by atoms with Crippen molar-refractivity contribution in [1.82, 2.24) is 0 Å². The van der Waals surface area contributed by atoms with E-state index in [0.29, 0.717) is 0 Å². The zero-order valence-corrected chi connectivity index (χ0v) is 9.70. The lowest BCUT2D eigenvalue weighted by molar-refractivity contribution is 0.131. The van der Waals surface area contributed by atoms with Crippen molar-refractivity contribution in [1.29, 1.82) is 5.26 Å². The molecular weight excluding hydrogens is 198 g/mol. The van der Waals surface area contributed by atoms with Gasteiger partial charge in [0, 0.05) is 12.5 Å². The molecule has 0 bridgehead atoms. The molecule has 1 aliphatic rings. The molecule has 2 nitrogen and oxygen atoms in total. The zero-order chi connectivity index (χ0) is 11.4. The normalized spacial score (nSPS) is 18.2. The molecule has 1 aromatic rings. The van der Waals surface area contributed by atoms with Gasteiger partial charge < -0.3 is 4.74 Å². The van der Waals surface area contributed by atoms with Gasteiger partial charge >= 0.3 is 0 Å². The molecule has 1 aliphatic carbocycles. The molecule has 2 rings (SSSR count). The maximum Gasteiger partial charge on any atom is 0.0991 e. The highest BCUT2D eigenvalue weighted by Crippen LogP contribution is 2.41. The van der Waals surface area contributed by atoms with Crippen molar-refractivity contribution in [3.63, 3.8) is 0 Å². The van der Waals surface area contributed by atoms with Crippen molar-refractivity contribution in [3.8, 4) is 6.07 Å². The third kappa shape index (κ3) is 1.96. The predicted molar refractivity (Wildman–Crippen MR) is 63.2 cm³/mol. The summed E-state index contributed by atoms with van der Waals surface area (Å²) in [6.45, 7) is 0.791. The van der Waals surface area contributed by atoms with E-state index >= 15 is 0 Å². The zero-order valence-electron chi connectivity index (χ0n) is 9.70. The summed E-state index contributed by atoms with van der Waals surface area (Å²) in [4.78, 5) is 0. The lowest BCUT2D eigenvalue weighted by Gasteiger charge is -2.28. The number of rotatable bonds is 3. The summed E-state index contributed by atoms with van der Waals surface area (Å²) in [5.41, 5.74) is 2.25. The third-order valence-electron chi connectivity index (χ3n) is 3.61. The van der Waals surface area contributed by atoms with Gasteiger partial charge in [-0.3, -0.25) is 0 Å². The van der Waals surface area contributed by atoms with E-state index in [1.165, 1.54) is 31.2 Å². The molecule has 0 unspecified atom stereocenters. The van der Waals surface area contributed by atoms with Crippen molar-refractivity contribution in [2.75, 3.05) is 13.7 Å². The van der Waals surface area contributed by atoms with Crippen LogP contribution in [0.4, 0.5) is 0 Å². The minimum Gasteiger partial charge on any atom is -0.384 e. The highest BCUT2D eigenvalue weighted by Gasteiger charge is 2.35. The van der Waals surface area contributed by atoms with Crippen LogP contribution in [0.15, 0.2) is 24.3 Å². The maximum absolute atomic E-state index is 8.79. The molecule has 0 aliphatic heterocycles. The minimum atomic E-state index is 0.197. The molecule has 0 amide bonds. The fraction of sp³-hybridized carbons (Fsp3) is 0.500. The van der Waals surface area contributed by atoms with Crippen molar-refractivity contribution < 1.29 is 4.74 Å². The third-order valence-corrected chi connectivity index (χ3v) is 3.61. The van der Waals surface area contributed by atoms with Gasteiger partial charge in [-0.1, -0.05) is 25.0 Å². The molecule has 0 aromatic heterocycles. The van der Waals surface area contributed by atoms with Crippen molar-refractivity contribution in [3.05, 3.63) is 35.4 Å². The molecule has 0 N–H and O–H groups in total. The van der Waals surface area contributed by atoms with Crippen molar-refractivity contribution >= 4 is 0 Å². The largest absolute Gasteiger partial charge is 0.384 e. The van der Waals surface area contributed by atoms with Crippen molar-refractivity contribution in [2.45, 2.75) is 31.1 Å². The Labute approximate surface area is 96.9 Å². The molecule has 1 fully saturated rings. The number of methoxy groups -OCH3 is 1. The van der Waals surface area contributed by atoms with Gasteiger partial charge in [-0.25, -0.2) is 0 Å². The predicted octanol–water partition coefficient (Wildman–Crippen LogP) is 3.02. The van der Waals surface area contributed by atoms with Crippen LogP contribution in [0, 0.1) is 11.3 Å². The molecule has 1 saturated carbocycles. The first-order valence-electron chi connectivity index (χ1n) is 5.80. The van der Waals surface area contributed by atoms with E-state index in [1.807, 2.05) is 12.1 Å². The van der Waals surface area contributed by atoms with Crippen LogP contribution in [0.2, 0.25) is 0 Å². The summed E-state index contributed by atoms with van der Waals surface area (Å²) in [6.07, 6.45) is 4.96. The lowest BCUT2D eigenvalue weighted by Crippen LogP contribution is -2.27. The van der Waals surface area contributed by atoms with Gasteiger partial charge in [0.15, 0.2) is 0 Å². The first-order valence-corrected chi connectivity index (χ1v) is 5.80. The van der Waals surface area contributed by atoms with Gasteiger partial charge in [0.25, 0.3) is 0 Å². The maximum atomic E-state index is 8.79. The first kappa shape index (κ1) is 11.2. The molecule has 0 atom stereocenters. The topological polar surface area (TPSA) is 33.0 Å². The Balaban J connectivity index is 2.29. The molecule has 84 valence electrons. The molecular formula is C14H17NO. The molecule has 16 heavy (non-hydrogen) atoms. The Bertz CT molecular complexity index is 382. The first-order chi connectivity index (χ1) is 7.80. The van der Waals surface area contributed by atoms with Crippen LogP contribution in [0.25, 0.3) is 0 Å². The molecule has 1 aromatic carbocycles. The van der Waals surface area contributed by atoms with Crippen molar-refractivity contribution in [2.24, 2.45) is 0 Å². The summed E-state index contributed by atoms with van der Waals surface area (Å²) >= 11 is 0. The Morgan fingerprint density at radius 3 is 2.38 bits per heavy atom. The van der Waals surface area contributed by atoms with E-state index in [4.69, 9.17) is 10.00 Å². The number of hydrogen-bond acceptors (Lipinski definition) is 2. The van der Waals surface area contributed by atoms with Gasteiger partial charge in [-0.2, -0.15) is 5.26 Å². The Hall–Kier alpha value is -1.33. The van der Waals surface area contributed by atoms with Gasteiger partial charge in [0.05, 0.1) is 18.2 Å². The van der Waals surface area contributed by atoms with Crippen LogP contribution in [0.1, 0.15) is 36.8 Å². The summed E-state index contributed by atoms with van der Waals surface area (Å²) in [5.74, 6) is 0. The Morgan fingerprint density at radius 2 is 1.88 bits per heavy atom. The van der Waals surface area contributed by atoms with Crippen LogP contribution in [-0.2, 0) is 10.2 Å². The minimum absolute atomic E-state index is 0.197. The average molecular weight is 215 g/mol. The molecule has 0 spiro atoms. The van der Waals surface area contributed by atoms with E-state index < -0.39 is 0 Å². The van der Waals surface area contributed by atoms with E-state index in [9.17, 15) is 0 Å². The fourth-order valence-corrected chi connectivity index (χ4v) is 2.74. The standard InChI is InChI=1S/C14H17NO/c1-16-11-14(8-2-3-9-14)13-6-4-12(10-15)5-7-13/h4-7H,2-3,8-9,11H2,1H3. The smallest absolute Gasteiger partial charge is 0.0991 e. The highest BCUT2D eigenvalue weighted by atomic mass is 16.5. The molecule has 0 radical (unpaired) electrons. The van der Waals surface area contributed by atoms with E-state index in [2.05, 4.69) is 18.2 Å². The monoisotopic (exact) mass is 215 g/mol. The lowest BCUT2D eigenvalue weighted by atomic mass is 9.79. The average Bonchev–Trinajstić information content (AvgIpc) is 2.80. The van der Waals surface area contributed by atoms with Gasteiger partial charge in [0.2, 0.25) is 0 Å². The fourth-order valence-electron chi connectivity index (χ4n) is 2.74. The van der Waals surface area contributed by atoms with Gasteiger partial charge in [-0.05, 0) is 30.5 Å². The molecule has 0 heterocycles. The molecule has 0 saturated heterocycles. The second-order valence-corrected chi connectivity index (χ2v) is 4.61. The SMILES string of the molecule is COCC1(c2ccc(C#N)cc2)CCCC1. The summed E-state index contributed by atoms with van der Waals surface area (Å²) < 4.78 is 5.38. The highest BCUT2D eigenvalue weighted by molar-refractivity contribution is 5.35. The number of benzene rings is 1. The van der Waals surface area contributed by atoms with Gasteiger partial charge in [0.1, 0.15) is 0 Å². The summed E-state index contributed by atoms with van der Waals surface area (Å²) in [7, 11) is 1.77. The molecule has 2 heteroatoms. The van der Waals surface area contributed by atoms with E-state index in [0.717, 1.165) is 12.2 Å². The van der Waals surface area contributed by atoms with Crippen LogP contribution in [0.3, 0.4) is 0 Å². The second-order valence-electron chi connectivity index (χ2n) is 4.61. The Kier molecular flexibility index (Phi) is 3.26. The van der Waals surface area contributed by atoms with Crippen LogP contribution >= 0.6 is 0 Å². The van der Waals surface area contributed by atoms with Crippen LogP contribution in [-0.4, -0.2) is 13.7 Å². The number of hydrogen-bond donors (Lipinski definition) is 0. The van der Waals surface area contributed by atoms with Crippen LogP contribution in [0.5, 0.6) is 0 Å².